The third-order valence-electron chi connectivity index (χ3n) is 3.77. The van der Waals surface area contributed by atoms with Crippen molar-refractivity contribution in [1.82, 2.24) is 4.98 Å². The minimum atomic E-state index is -0.320. The molecule has 1 aromatic carbocycles. The van der Waals surface area contributed by atoms with E-state index in [0.29, 0.717) is 6.54 Å². The van der Waals surface area contributed by atoms with Crippen LogP contribution in [0.2, 0.25) is 0 Å². The number of hydrogen-bond donors (Lipinski definition) is 0. The third kappa shape index (κ3) is 2.05. The first-order chi connectivity index (χ1) is 9.14. The molecule has 1 heterocycles. The molecule has 100 valence electrons. The minimum absolute atomic E-state index is 0.111. The van der Waals surface area contributed by atoms with Crippen molar-refractivity contribution in [2.75, 3.05) is 25.6 Å². The summed E-state index contributed by atoms with van der Waals surface area (Å²) in [7, 11) is 3.42. The molecule has 0 atom stereocenters. The van der Waals surface area contributed by atoms with Gasteiger partial charge in [-0.15, -0.1) is 0 Å². The number of fused-ring (bicyclic) bond motifs is 1. The largest absolute Gasteiger partial charge is 0.469 e. The molecule has 0 bridgehead atoms. The highest BCUT2D eigenvalue weighted by atomic mass is 16.5. The monoisotopic (exact) mass is 260 g/mol. The van der Waals surface area contributed by atoms with Crippen LogP contribution in [0.4, 0.5) is 5.69 Å². The zero-order chi connectivity index (χ0) is 13.5. The van der Waals surface area contributed by atoms with E-state index in [-0.39, 0.29) is 11.4 Å². The lowest BCUT2D eigenvalue weighted by Gasteiger charge is -2.23. The van der Waals surface area contributed by atoms with E-state index in [2.05, 4.69) is 9.88 Å². The van der Waals surface area contributed by atoms with Crippen molar-refractivity contribution >= 4 is 22.8 Å². The Balaban J connectivity index is 1.80. The van der Waals surface area contributed by atoms with Gasteiger partial charge in [-0.2, -0.15) is 0 Å². The number of nitrogens with zero attached hydrogens (tertiary/aromatic N) is 2. The number of rotatable bonds is 4. The summed E-state index contributed by atoms with van der Waals surface area (Å²) >= 11 is 0. The third-order valence-corrected chi connectivity index (χ3v) is 3.77. The fourth-order valence-corrected chi connectivity index (χ4v) is 2.42. The molecule has 5 heteroatoms. The van der Waals surface area contributed by atoms with Crippen LogP contribution in [0.3, 0.4) is 0 Å². The lowest BCUT2D eigenvalue weighted by molar-refractivity contribution is -0.146. The Labute approximate surface area is 111 Å². The first kappa shape index (κ1) is 12.0. The number of benzene rings is 1. The fraction of sp³-hybridized carbons (Fsp3) is 0.429. The maximum atomic E-state index is 11.8. The predicted octanol–water partition coefficient (Wildman–Crippen LogP) is 2.22. The number of oxazole rings is 1. The fourth-order valence-electron chi connectivity index (χ4n) is 2.42. The summed E-state index contributed by atoms with van der Waals surface area (Å²) in [6, 6.07) is 5.84. The van der Waals surface area contributed by atoms with Gasteiger partial charge in [0, 0.05) is 25.3 Å². The van der Waals surface area contributed by atoms with E-state index in [1.807, 2.05) is 25.2 Å². The number of anilines is 1. The van der Waals surface area contributed by atoms with Crippen LogP contribution in [-0.4, -0.2) is 31.7 Å². The summed E-state index contributed by atoms with van der Waals surface area (Å²) in [4.78, 5) is 17.9. The quantitative estimate of drug-likeness (QED) is 0.789. The van der Waals surface area contributed by atoms with Gasteiger partial charge < -0.3 is 14.1 Å². The molecule has 19 heavy (non-hydrogen) atoms. The zero-order valence-electron chi connectivity index (χ0n) is 11.0. The molecule has 0 aliphatic heterocycles. The van der Waals surface area contributed by atoms with Gasteiger partial charge in [0.1, 0.15) is 5.52 Å². The molecular weight excluding hydrogens is 244 g/mol. The number of hydrogen-bond acceptors (Lipinski definition) is 5. The van der Waals surface area contributed by atoms with E-state index in [4.69, 9.17) is 9.15 Å². The molecule has 0 saturated heterocycles. The van der Waals surface area contributed by atoms with Crippen LogP contribution in [0.15, 0.2) is 29.0 Å². The summed E-state index contributed by atoms with van der Waals surface area (Å²) in [6.45, 7) is 0.666. The van der Waals surface area contributed by atoms with Gasteiger partial charge in [-0.3, -0.25) is 4.79 Å². The van der Waals surface area contributed by atoms with Crippen LogP contribution in [0, 0.1) is 5.41 Å². The molecule has 2 aromatic rings. The number of carbonyl (C=O) groups is 1. The second-order valence-corrected chi connectivity index (χ2v) is 5.13. The maximum absolute atomic E-state index is 11.8. The summed E-state index contributed by atoms with van der Waals surface area (Å²) < 4.78 is 10.2. The van der Waals surface area contributed by atoms with Gasteiger partial charge in [0.25, 0.3) is 0 Å². The molecule has 0 unspecified atom stereocenters. The van der Waals surface area contributed by atoms with E-state index < -0.39 is 0 Å². The smallest absolute Gasteiger partial charge is 0.313 e. The first-order valence-corrected chi connectivity index (χ1v) is 6.27. The molecule has 0 spiro atoms. The van der Waals surface area contributed by atoms with Gasteiger partial charge >= 0.3 is 5.97 Å². The summed E-state index contributed by atoms with van der Waals surface area (Å²) in [5.41, 5.74) is 2.29. The highest BCUT2D eigenvalue weighted by Gasteiger charge is 2.51. The van der Waals surface area contributed by atoms with Crippen molar-refractivity contribution in [3.63, 3.8) is 0 Å². The van der Waals surface area contributed by atoms with Gasteiger partial charge in [-0.25, -0.2) is 4.98 Å². The Morgan fingerprint density at radius 3 is 3.00 bits per heavy atom. The van der Waals surface area contributed by atoms with Crippen molar-refractivity contribution in [2.24, 2.45) is 5.41 Å². The van der Waals surface area contributed by atoms with E-state index in [1.165, 1.54) is 13.5 Å². The van der Waals surface area contributed by atoms with Gasteiger partial charge in [0.2, 0.25) is 0 Å². The van der Waals surface area contributed by atoms with Crippen molar-refractivity contribution in [3.8, 4) is 0 Å². The number of esters is 1. The van der Waals surface area contributed by atoms with Crippen LogP contribution in [0.1, 0.15) is 12.8 Å². The molecule has 5 nitrogen and oxygen atoms in total. The Hall–Kier alpha value is -2.04. The number of ether oxygens (including phenoxy) is 1. The van der Waals surface area contributed by atoms with Crippen molar-refractivity contribution < 1.29 is 13.9 Å². The Bertz CT molecular complexity index is 616. The predicted molar refractivity (Wildman–Crippen MR) is 71.0 cm³/mol. The molecule has 0 radical (unpaired) electrons. The second kappa shape index (κ2) is 4.26. The summed E-state index contributed by atoms with van der Waals surface area (Å²) in [6.07, 6.45) is 3.23. The van der Waals surface area contributed by atoms with E-state index in [0.717, 1.165) is 29.6 Å². The Kier molecular flexibility index (Phi) is 2.69. The lowest BCUT2D eigenvalue weighted by atomic mass is 10.1. The highest BCUT2D eigenvalue weighted by molar-refractivity contribution is 5.81. The van der Waals surface area contributed by atoms with E-state index in [1.54, 1.807) is 0 Å². The molecule has 1 fully saturated rings. The Morgan fingerprint density at radius 1 is 1.53 bits per heavy atom. The molecule has 0 N–H and O–H groups in total. The number of methoxy groups -OCH3 is 1. The van der Waals surface area contributed by atoms with Crippen LogP contribution in [0.25, 0.3) is 11.1 Å². The van der Waals surface area contributed by atoms with E-state index in [9.17, 15) is 4.79 Å². The van der Waals surface area contributed by atoms with Crippen LogP contribution >= 0.6 is 0 Å². The van der Waals surface area contributed by atoms with Crippen molar-refractivity contribution in [2.45, 2.75) is 12.8 Å². The van der Waals surface area contributed by atoms with E-state index >= 15 is 0 Å². The van der Waals surface area contributed by atoms with Crippen LogP contribution in [0.5, 0.6) is 0 Å². The molecular formula is C14H16N2O3. The topological polar surface area (TPSA) is 55.6 Å². The van der Waals surface area contributed by atoms with Gasteiger partial charge in [0.15, 0.2) is 12.0 Å². The molecule has 1 aromatic heterocycles. The molecule has 1 aliphatic rings. The number of aromatic nitrogens is 1. The summed E-state index contributed by atoms with van der Waals surface area (Å²) in [5, 5.41) is 0. The molecule has 1 aliphatic carbocycles. The first-order valence-electron chi connectivity index (χ1n) is 6.27. The van der Waals surface area contributed by atoms with Gasteiger partial charge in [0.05, 0.1) is 12.5 Å². The summed E-state index contributed by atoms with van der Waals surface area (Å²) in [5.74, 6) is -0.111. The standard InChI is InChI=1S/C14H16N2O3/c1-16(8-14(5-6-14)13(17)18-2)10-3-4-11-12(7-10)19-9-15-11/h3-4,7,9H,5-6,8H2,1-2H3. The average molecular weight is 260 g/mol. The maximum Gasteiger partial charge on any atom is 0.313 e. The Morgan fingerprint density at radius 2 is 2.32 bits per heavy atom. The van der Waals surface area contributed by atoms with Crippen molar-refractivity contribution in [1.29, 1.82) is 0 Å². The normalized spacial score (nSPS) is 16.3. The zero-order valence-corrected chi connectivity index (χ0v) is 11.0. The lowest BCUT2D eigenvalue weighted by Crippen LogP contribution is -2.32. The van der Waals surface area contributed by atoms with Crippen LogP contribution in [-0.2, 0) is 9.53 Å². The average Bonchev–Trinajstić information content (AvgIpc) is 3.05. The van der Waals surface area contributed by atoms with Gasteiger partial charge in [-0.1, -0.05) is 0 Å². The highest BCUT2D eigenvalue weighted by Crippen LogP contribution is 2.47. The number of carbonyl (C=O) groups excluding carboxylic acids is 1. The molecule has 1 saturated carbocycles. The second-order valence-electron chi connectivity index (χ2n) is 5.13. The van der Waals surface area contributed by atoms with Crippen molar-refractivity contribution in [3.05, 3.63) is 24.6 Å². The van der Waals surface area contributed by atoms with Crippen LogP contribution < -0.4 is 4.90 Å². The SMILES string of the molecule is COC(=O)C1(CN(C)c2ccc3ncoc3c2)CC1. The molecule has 3 rings (SSSR count). The molecule has 0 amide bonds. The minimum Gasteiger partial charge on any atom is -0.469 e. The van der Waals surface area contributed by atoms with Gasteiger partial charge in [-0.05, 0) is 25.0 Å².